The maximum atomic E-state index is 14.4. The highest BCUT2D eigenvalue weighted by atomic mass is 31.2. The Morgan fingerprint density at radius 1 is 1.00 bits per heavy atom. The Morgan fingerprint density at radius 3 is 1.77 bits per heavy atom. The van der Waals surface area contributed by atoms with E-state index in [2.05, 4.69) is 0 Å². The minimum absolute atomic E-state index is 0.0983. The van der Waals surface area contributed by atoms with Crippen LogP contribution in [0, 0.1) is 0 Å². The zero-order chi connectivity index (χ0) is 20.6. The topological polar surface area (TPSA) is 100 Å². The Balaban J connectivity index is 5.13. The lowest BCUT2D eigenvalue weighted by atomic mass is 10.5. The third-order valence-corrected chi connectivity index (χ3v) is 7.00. The summed E-state index contributed by atoms with van der Waals surface area (Å²) in [7, 11) is -8.58. The third-order valence-electron chi connectivity index (χ3n) is 2.64. The fourth-order valence-electron chi connectivity index (χ4n) is 1.81. The van der Waals surface area contributed by atoms with Gasteiger partial charge in [-0.1, -0.05) is 0 Å². The summed E-state index contributed by atoms with van der Waals surface area (Å²) in [4.78, 5) is 11.9. The summed E-state index contributed by atoms with van der Waals surface area (Å²) < 4.78 is 73.2. The van der Waals surface area contributed by atoms with Gasteiger partial charge in [0.15, 0.2) is 0 Å². The fraction of sp³-hybridized carbons (Fsp3) is 0.929. The molecule has 0 aliphatic carbocycles. The molecule has 0 radical (unpaired) electrons. The molecule has 0 spiro atoms. The largest absolute Gasteiger partial charge is 0.421 e. The molecule has 1 amide bonds. The molecule has 0 saturated carbocycles. The SMILES string of the molecule is CCOP(=O)(CCNC(=O)C(F)(F)P(=O)(OC(C)C)OC(C)C)OCC. The van der Waals surface area contributed by atoms with E-state index >= 15 is 0 Å². The van der Waals surface area contributed by atoms with Crippen molar-refractivity contribution in [1.82, 2.24) is 5.32 Å². The lowest BCUT2D eigenvalue weighted by molar-refractivity contribution is -0.138. The average Bonchev–Trinajstić information content (AvgIpc) is 2.45. The zero-order valence-electron chi connectivity index (χ0n) is 16.0. The number of nitrogens with one attached hydrogen (secondary N) is 1. The van der Waals surface area contributed by atoms with Crippen molar-refractivity contribution >= 4 is 21.1 Å². The molecule has 0 heterocycles. The van der Waals surface area contributed by atoms with E-state index in [0.717, 1.165) is 0 Å². The number of carbonyl (C=O) groups excluding carboxylic acids is 1. The number of carbonyl (C=O) groups is 1. The van der Waals surface area contributed by atoms with E-state index in [4.69, 9.17) is 18.1 Å². The smallest absolute Gasteiger partial charge is 0.350 e. The van der Waals surface area contributed by atoms with Gasteiger partial charge in [0.05, 0.1) is 31.6 Å². The molecule has 12 heteroatoms. The Bertz CT molecular complexity index is 519. The molecule has 0 atom stereocenters. The van der Waals surface area contributed by atoms with Gasteiger partial charge in [0.1, 0.15) is 0 Å². The summed E-state index contributed by atoms with van der Waals surface area (Å²) in [6.45, 7) is 8.55. The number of hydrogen-bond donors (Lipinski definition) is 1. The van der Waals surface area contributed by atoms with Crippen LogP contribution in [0.2, 0.25) is 0 Å². The van der Waals surface area contributed by atoms with Crippen molar-refractivity contribution in [2.45, 2.75) is 59.4 Å². The van der Waals surface area contributed by atoms with Crippen LogP contribution in [-0.4, -0.2) is 49.7 Å². The van der Waals surface area contributed by atoms with Gasteiger partial charge in [-0.3, -0.25) is 13.9 Å². The van der Waals surface area contributed by atoms with E-state index in [1.165, 1.54) is 27.7 Å². The Kier molecular flexibility index (Phi) is 10.7. The van der Waals surface area contributed by atoms with Crippen molar-refractivity contribution in [2.75, 3.05) is 25.9 Å². The molecular formula is C14H29F2NO7P2. The molecule has 0 aliphatic heterocycles. The lowest BCUT2D eigenvalue weighted by Crippen LogP contribution is -2.42. The molecule has 156 valence electrons. The first-order chi connectivity index (χ1) is 11.8. The van der Waals surface area contributed by atoms with Crippen LogP contribution in [-0.2, 0) is 32.0 Å². The van der Waals surface area contributed by atoms with Crippen LogP contribution in [0.1, 0.15) is 41.5 Å². The normalized spacial score (nSPS) is 13.5. The second kappa shape index (κ2) is 10.8. The molecule has 0 unspecified atom stereocenters. The Morgan fingerprint density at radius 2 is 1.42 bits per heavy atom. The first-order valence-corrected chi connectivity index (χ1v) is 11.6. The summed E-state index contributed by atoms with van der Waals surface area (Å²) in [5.41, 5.74) is -4.41. The van der Waals surface area contributed by atoms with Crippen molar-refractivity contribution in [2.24, 2.45) is 0 Å². The molecule has 0 saturated heterocycles. The molecule has 0 aliphatic rings. The molecule has 0 rings (SSSR count). The predicted octanol–water partition coefficient (Wildman–Crippen LogP) is 4.00. The standard InChI is InChI=1S/C14H29F2NO7P2/c1-7-21-25(19,22-8-2)10-9-17-13(18)14(15,16)26(20,23-11(3)4)24-12(5)6/h11-12H,7-10H2,1-6H3,(H,17,18). The van der Waals surface area contributed by atoms with Crippen LogP contribution >= 0.6 is 15.2 Å². The fourth-order valence-corrected chi connectivity index (χ4v) is 5.07. The summed E-state index contributed by atoms with van der Waals surface area (Å²) in [5.74, 6) is -1.85. The van der Waals surface area contributed by atoms with Gasteiger partial charge in [-0.15, -0.1) is 0 Å². The van der Waals surface area contributed by atoms with Gasteiger partial charge in [0.25, 0.3) is 0 Å². The van der Waals surface area contributed by atoms with Crippen molar-refractivity contribution in [3.63, 3.8) is 0 Å². The van der Waals surface area contributed by atoms with Gasteiger partial charge in [-0.2, -0.15) is 8.78 Å². The first-order valence-electron chi connectivity index (χ1n) is 8.34. The maximum absolute atomic E-state index is 14.4. The number of alkyl halides is 2. The van der Waals surface area contributed by atoms with Crippen LogP contribution in [0.15, 0.2) is 0 Å². The van der Waals surface area contributed by atoms with E-state index in [1.54, 1.807) is 13.8 Å². The van der Waals surface area contributed by atoms with Gasteiger partial charge in [0.2, 0.25) is 0 Å². The highest BCUT2D eigenvalue weighted by Gasteiger charge is 2.60. The van der Waals surface area contributed by atoms with Crippen molar-refractivity contribution in [3.05, 3.63) is 0 Å². The molecule has 0 fully saturated rings. The van der Waals surface area contributed by atoms with E-state index in [9.17, 15) is 22.7 Å². The number of hydrogen-bond acceptors (Lipinski definition) is 7. The minimum atomic E-state index is -5.07. The predicted molar refractivity (Wildman–Crippen MR) is 93.7 cm³/mol. The van der Waals surface area contributed by atoms with Gasteiger partial charge in [0, 0.05) is 6.54 Å². The molecule has 0 aromatic carbocycles. The van der Waals surface area contributed by atoms with E-state index in [-0.39, 0.29) is 19.4 Å². The third kappa shape index (κ3) is 7.71. The number of amides is 1. The zero-order valence-corrected chi connectivity index (χ0v) is 17.8. The van der Waals surface area contributed by atoms with Crippen molar-refractivity contribution in [3.8, 4) is 0 Å². The van der Waals surface area contributed by atoms with Crippen LogP contribution in [0.5, 0.6) is 0 Å². The van der Waals surface area contributed by atoms with Gasteiger partial charge >= 0.3 is 26.8 Å². The molecule has 0 aromatic rings. The second-order valence-corrected chi connectivity index (χ2v) is 9.94. The van der Waals surface area contributed by atoms with E-state index in [0.29, 0.717) is 0 Å². The number of halogens is 2. The quantitative estimate of drug-likeness (QED) is 0.447. The average molecular weight is 423 g/mol. The monoisotopic (exact) mass is 423 g/mol. The Labute approximate surface area is 153 Å². The summed E-state index contributed by atoms with van der Waals surface area (Å²) >= 11 is 0. The van der Waals surface area contributed by atoms with Crippen LogP contribution in [0.3, 0.4) is 0 Å². The summed E-state index contributed by atoms with van der Waals surface area (Å²) in [6.07, 6.45) is -2.01. The van der Waals surface area contributed by atoms with E-state index < -0.39 is 45.5 Å². The molecule has 0 aromatic heterocycles. The highest BCUT2D eigenvalue weighted by Crippen LogP contribution is 2.63. The summed E-state index contributed by atoms with van der Waals surface area (Å²) in [5, 5.41) is 1.89. The van der Waals surface area contributed by atoms with Gasteiger partial charge < -0.3 is 23.4 Å². The van der Waals surface area contributed by atoms with Crippen molar-refractivity contribution in [1.29, 1.82) is 0 Å². The maximum Gasteiger partial charge on any atom is 0.421 e. The van der Waals surface area contributed by atoms with Gasteiger partial charge in [-0.25, -0.2) is 0 Å². The van der Waals surface area contributed by atoms with Gasteiger partial charge in [-0.05, 0) is 41.5 Å². The van der Waals surface area contributed by atoms with E-state index in [1.807, 2.05) is 5.32 Å². The van der Waals surface area contributed by atoms with Crippen LogP contribution < -0.4 is 5.32 Å². The number of rotatable bonds is 13. The van der Waals surface area contributed by atoms with Crippen LogP contribution in [0.25, 0.3) is 0 Å². The molecule has 0 bridgehead atoms. The Hall–Kier alpha value is -0.370. The highest BCUT2D eigenvalue weighted by molar-refractivity contribution is 7.56. The lowest BCUT2D eigenvalue weighted by Gasteiger charge is -2.28. The minimum Gasteiger partial charge on any atom is -0.350 e. The second-order valence-electron chi connectivity index (χ2n) is 5.77. The molecule has 1 N–H and O–H groups in total. The van der Waals surface area contributed by atoms with Crippen molar-refractivity contribution < 1.29 is 40.8 Å². The van der Waals surface area contributed by atoms with Crippen LogP contribution in [0.4, 0.5) is 8.78 Å². The molecular weight excluding hydrogens is 394 g/mol. The summed E-state index contributed by atoms with van der Waals surface area (Å²) in [6, 6.07) is 0. The first kappa shape index (κ1) is 25.6. The molecule has 8 nitrogen and oxygen atoms in total. The molecule has 26 heavy (non-hydrogen) atoms.